The van der Waals surface area contributed by atoms with Crippen molar-refractivity contribution < 1.29 is 14.8 Å². The Morgan fingerprint density at radius 3 is 2.54 bits per heavy atom. The number of rotatable bonds is 8. The van der Waals surface area contributed by atoms with Crippen LogP contribution in [-0.2, 0) is 4.74 Å². The highest BCUT2D eigenvalue weighted by Crippen LogP contribution is 2.42. The molecule has 1 heterocycles. The maximum atomic E-state index is 6.00. The van der Waals surface area contributed by atoms with Gasteiger partial charge in [0.25, 0.3) is 0 Å². The summed E-state index contributed by atoms with van der Waals surface area (Å²) >= 11 is 0. The predicted octanol–water partition coefficient (Wildman–Crippen LogP) is 4.70. The molecule has 3 nitrogen and oxygen atoms in total. The molecule has 0 aliphatic carbocycles. The summed E-state index contributed by atoms with van der Waals surface area (Å²) in [5, 5.41) is 2.47. The molecule has 0 spiro atoms. The number of ether oxygens (including phenoxy) is 2. The van der Waals surface area contributed by atoms with Crippen molar-refractivity contribution in [2.45, 2.75) is 57.6 Å². The van der Waals surface area contributed by atoms with Crippen molar-refractivity contribution >= 4 is 0 Å². The molecule has 0 bridgehead atoms. The molecule has 1 aliphatic heterocycles. The van der Waals surface area contributed by atoms with Crippen molar-refractivity contribution in [1.29, 1.82) is 0 Å². The van der Waals surface area contributed by atoms with Crippen molar-refractivity contribution in [1.82, 2.24) is 0 Å². The van der Waals surface area contributed by atoms with Crippen LogP contribution in [0.5, 0.6) is 5.75 Å². The lowest BCUT2D eigenvalue weighted by molar-refractivity contribution is -0.693. The van der Waals surface area contributed by atoms with Crippen LogP contribution in [0.3, 0.4) is 0 Å². The number of quaternary nitrogens is 1. The molecule has 2 N–H and O–H groups in total. The lowest BCUT2D eigenvalue weighted by Gasteiger charge is -2.39. The maximum Gasteiger partial charge on any atom is 0.122 e. The fraction of sp³-hybridized carbons (Fsp3) is 0.520. The highest BCUT2D eigenvalue weighted by Gasteiger charge is 2.35. The third-order valence-corrected chi connectivity index (χ3v) is 6.17. The third kappa shape index (κ3) is 5.36. The topological polar surface area (TPSA) is 35.1 Å². The number of benzene rings is 2. The first kappa shape index (κ1) is 20.9. The van der Waals surface area contributed by atoms with Gasteiger partial charge >= 0.3 is 0 Å². The Morgan fingerprint density at radius 1 is 1.11 bits per heavy atom. The summed E-state index contributed by atoms with van der Waals surface area (Å²) in [5.41, 5.74) is 2.71. The van der Waals surface area contributed by atoms with Gasteiger partial charge < -0.3 is 14.8 Å². The first-order chi connectivity index (χ1) is 13.5. The zero-order valence-corrected chi connectivity index (χ0v) is 17.9. The van der Waals surface area contributed by atoms with Crippen LogP contribution in [0.2, 0.25) is 0 Å². The van der Waals surface area contributed by atoms with Gasteiger partial charge in [0, 0.05) is 18.6 Å². The van der Waals surface area contributed by atoms with E-state index >= 15 is 0 Å². The molecule has 0 aromatic heterocycles. The maximum absolute atomic E-state index is 6.00. The lowest BCUT2D eigenvalue weighted by atomic mass is 9.75. The van der Waals surface area contributed by atoms with Crippen LogP contribution in [0.25, 0.3) is 0 Å². The van der Waals surface area contributed by atoms with Crippen molar-refractivity contribution in [3.05, 3.63) is 65.7 Å². The van der Waals surface area contributed by atoms with Gasteiger partial charge in [-0.2, -0.15) is 0 Å². The Bertz CT molecular complexity index is 728. The van der Waals surface area contributed by atoms with Gasteiger partial charge in [-0.05, 0) is 57.1 Å². The Kier molecular flexibility index (Phi) is 7.14. The highest BCUT2D eigenvalue weighted by atomic mass is 16.5. The van der Waals surface area contributed by atoms with E-state index in [1.165, 1.54) is 11.1 Å². The lowest BCUT2D eigenvalue weighted by Crippen LogP contribution is -2.84. The molecule has 2 aromatic carbocycles. The summed E-state index contributed by atoms with van der Waals surface area (Å²) in [6.07, 6.45) is 3.38. The van der Waals surface area contributed by atoms with Gasteiger partial charge in [0.05, 0.1) is 19.3 Å². The van der Waals surface area contributed by atoms with E-state index < -0.39 is 0 Å². The number of para-hydroxylation sites is 1. The van der Waals surface area contributed by atoms with Gasteiger partial charge in [-0.3, -0.25) is 0 Å². The van der Waals surface area contributed by atoms with E-state index in [0.29, 0.717) is 17.9 Å². The van der Waals surface area contributed by atoms with Crippen molar-refractivity contribution in [2.24, 2.45) is 5.92 Å². The molecule has 1 fully saturated rings. The van der Waals surface area contributed by atoms with E-state index in [2.05, 4.69) is 80.7 Å². The summed E-state index contributed by atoms with van der Waals surface area (Å²) in [4.78, 5) is 0. The molecule has 0 radical (unpaired) electrons. The molecule has 1 saturated heterocycles. The van der Waals surface area contributed by atoms with Gasteiger partial charge in [-0.25, -0.2) is 0 Å². The fourth-order valence-electron chi connectivity index (χ4n) is 4.66. The Hall–Kier alpha value is -1.84. The predicted molar refractivity (Wildman–Crippen MR) is 115 cm³/mol. The smallest absolute Gasteiger partial charge is 0.122 e. The molecule has 152 valence electrons. The largest absolute Gasteiger partial charge is 0.496 e. The van der Waals surface area contributed by atoms with Gasteiger partial charge in [0.2, 0.25) is 0 Å². The molecule has 28 heavy (non-hydrogen) atoms. The van der Waals surface area contributed by atoms with Crippen molar-refractivity contribution in [3.63, 3.8) is 0 Å². The minimum absolute atomic E-state index is 0.0375. The van der Waals surface area contributed by atoms with Crippen LogP contribution >= 0.6 is 0 Å². The van der Waals surface area contributed by atoms with Crippen molar-refractivity contribution in [2.75, 3.05) is 20.3 Å². The van der Waals surface area contributed by atoms with Crippen LogP contribution in [0.1, 0.15) is 63.1 Å². The average molecular weight is 383 g/mol. The molecule has 3 atom stereocenters. The minimum Gasteiger partial charge on any atom is -0.496 e. The second kappa shape index (κ2) is 9.58. The molecular weight excluding hydrogens is 346 g/mol. The van der Waals surface area contributed by atoms with E-state index in [1.807, 2.05) is 0 Å². The van der Waals surface area contributed by atoms with Crippen LogP contribution in [-0.4, -0.2) is 25.9 Å². The van der Waals surface area contributed by atoms with Crippen LogP contribution < -0.4 is 10.1 Å². The zero-order valence-electron chi connectivity index (χ0n) is 17.9. The monoisotopic (exact) mass is 382 g/mol. The fourth-order valence-corrected chi connectivity index (χ4v) is 4.66. The molecule has 1 aliphatic rings. The van der Waals surface area contributed by atoms with E-state index in [-0.39, 0.29) is 5.60 Å². The quantitative estimate of drug-likeness (QED) is 0.718. The zero-order chi connectivity index (χ0) is 20.0. The van der Waals surface area contributed by atoms with Crippen molar-refractivity contribution in [3.8, 4) is 5.75 Å². The summed E-state index contributed by atoms with van der Waals surface area (Å²) in [6, 6.07) is 19.8. The standard InChI is InChI=1S/C25H35NO2/c1-19(20-10-6-5-7-11-20)26-16-14-22(21-15-17-28-25(2,3)18-21)23-12-8-9-13-24(23)27-4/h5-13,19,21-22,26H,14-18H2,1-4H3/p+1/t19-,21+,22-/m1/s1. The summed E-state index contributed by atoms with van der Waals surface area (Å²) in [5.74, 6) is 2.15. The molecule has 0 unspecified atom stereocenters. The molecular formula is C25H36NO2+. The van der Waals surface area contributed by atoms with E-state index in [4.69, 9.17) is 9.47 Å². The summed E-state index contributed by atoms with van der Waals surface area (Å²) in [6.45, 7) is 8.71. The number of hydrogen-bond donors (Lipinski definition) is 1. The molecule has 3 rings (SSSR count). The second-order valence-electron chi connectivity index (χ2n) is 8.72. The number of nitrogens with two attached hydrogens (primary N) is 1. The third-order valence-electron chi connectivity index (χ3n) is 6.17. The van der Waals surface area contributed by atoms with Crippen LogP contribution in [0.15, 0.2) is 54.6 Å². The van der Waals surface area contributed by atoms with Gasteiger partial charge in [-0.15, -0.1) is 0 Å². The normalized spacial score (nSPS) is 21.1. The Labute approximate surface area is 170 Å². The van der Waals surface area contributed by atoms with Gasteiger partial charge in [0.1, 0.15) is 11.8 Å². The molecule has 3 heteroatoms. The average Bonchev–Trinajstić information content (AvgIpc) is 2.71. The molecule has 0 saturated carbocycles. The van der Waals surface area contributed by atoms with E-state index in [0.717, 1.165) is 38.2 Å². The second-order valence-corrected chi connectivity index (χ2v) is 8.72. The molecule has 2 aromatic rings. The van der Waals surface area contributed by atoms with E-state index in [1.54, 1.807) is 7.11 Å². The van der Waals surface area contributed by atoms with Gasteiger partial charge in [0.15, 0.2) is 0 Å². The highest BCUT2D eigenvalue weighted by molar-refractivity contribution is 5.36. The first-order valence-electron chi connectivity index (χ1n) is 10.7. The first-order valence-corrected chi connectivity index (χ1v) is 10.7. The SMILES string of the molecule is COc1ccccc1[C@H](CC[NH2+][C@H](C)c1ccccc1)[C@H]1CCOC(C)(C)C1. The van der Waals surface area contributed by atoms with Crippen LogP contribution in [0.4, 0.5) is 0 Å². The summed E-state index contributed by atoms with van der Waals surface area (Å²) in [7, 11) is 1.79. The van der Waals surface area contributed by atoms with Gasteiger partial charge in [-0.1, -0.05) is 48.5 Å². The number of methoxy groups -OCH3 is 1. The molecule has 0 amide bonds. The van der Waals surface area contributed by atoms with Crippen LogP contribution in [0, 0.1) is 5.92 Å². The summed E-state index contributed by atoms with van der Waals surface area (Å²) < 4.78 is 11.7. The minimum atomic E-state index is -0.0375. The van der Waals surface area contributed by atoms with E-state index in [9.17, 15) is 0 Å². The Morgan fingerprint density at radius 2 is 1.82 bits per heavy atom. The number of hydrogen-bond acceptors (Lipinski definition) is 2. The Balaban J connectivity index is 1.73.